The molecule has 1 N–H and O–H groups in total. The van der Waals surface area contributed by atoms with Gasteiger partial charge >= 0.3 is 0 Å². The van der Waals surface area contributed by atoms with E-state index >= 15 is 0 Å². The Bertz CT molecular complexity index is 1630. The van der Waals surface area contributed by atoms with Gasteiger partial charge in [0.25, 0.3) is 0 Å². The number of nitrogens with one attached hydrogen (secondary N) is 1. The zero-order valence-corrected chi connectivity index (χ0v) is 16.9. The topological polar surface area (TPSA) is 78.0 Å². The van der Waals surface area contributed by atoms with Crippen LogP contribution in [0.3, 0.4) is 0 Å². The van der Waals surface area contributed by atoms with Crippen LogP contribution >= 0.6 is 11.6 Å². The first kappa shape index (κ1) is 9.99. The molecule has 0 spiro atoms. The average molecular weight is 475 g/mol. The minimum absolute atomic E-state index is 0.00451. The second-order valence-corrected chi connectivity index (χ2v) is 6.47. The Morgan fingerprint density at radius 2 is 2.00 bits per heavy atom. The Balaban J connectivity index is 1.77. The van der Waals surface area contributed by atoms with Crippen molar-refractivity contribution in [3.05, 3.63) is 41.7 Å². The van der Waals surface area contributed by atoms with Gasteiger partial charge in [-0.3, -0.25) is 4.90 Å². The lowest BCUT2D eigenvalue weighted by molar-refractivity contribution is 0.0357. The first-order valence-electron chi connectivity index (χ1n) is 17.2. The number of rotatable bonds is 9. The molecule has 0 saturated carbocycles. The van der Waals surface area contributed by atoms with Gasteiger partial charge in [0, 0.05) is 44.9 Å². The monoisotopic (exact) mass is 474 g/mol. The molecule has 1 aliphatic rings. The lowest BCUT2D eigenvalue weighted by atomic mass is 10.2. The van der Waals surface area contributed by atoms with Crippen molar-refractivity contribution in [1.82, 2.24) is 14.9 Å². The molecule has 3 aromatic rings. The van der Waals surface area contributed by atoms with Crippen LogP contribution in [-0.2, 0) is 4.74 Å². The minimum atomic E-state index is -3.77. The quantitative estimate of drug-likeness (QED) is 0.495. The van der Waals surface area contributed by atoms with Gasteiger partial charge in [0.05, 0.1) is 58.0 Å². The van der Waals surface area contributed by atoms with Gasteiger partial charge in [0.15, 0.2) is 11.5 Å². The Labute approximate surface area is 214 Å². The van der Waals surface area contributed by atoms with Gasteiger partial charge in [-0.2, -0.15) is 0 Å². The average Bonchev–Trinajstić information content (AvgIpc) is 2.92. The summed E-state index contributed by atoms with van der Waals surface area (Å²) in [6.07, 6.45) is -2.69. The van der Waals surface area contributed by atoms with Gasteiger partial charge in [0.2, 0.25) is 0 Å². The largest absolute Gasteiger partial charge is 0.495 e. The molecule has 0 amide bonds. The SMILES string of the molecule is [2H]C1OC([2H])C([2H])N(C([2H])([2H])C([2H])([2H])C([2H])([2H])Oc2cc3c(Nc4ccc(OC([2H])([2H])[2H])c(Cl)c4)ncnc3cc2OC([2H])([2H])[2H])C1[2H]. The molecular weight excluding hydrogens is 432 g/mol. The van der Waals surface area contributed by atoms with Crippen LogP contribution in [0, 0.1) is 0 Å². The summed E-state index contributed by atoms with van der Waals surface area (Å²) in [6, 6.07) is 6.01. The van der Waals surface area contributed by atoms with Crippen LogP contribution in [0.1, 0.15) is 28.3 Å². The van der Waals surface area contributed by atoms with E-state index < -0.39 is 71.2 Å². The highest BCUT2D eigenvalue weighted by Gasteiger charge is 2.14. The fraction of sp³-hybridized carbons (Fsp3) is 0.391. The normalized spacial score (nSPS) is 33.0. The highest BCUT2D eigenvalue weighted by atomic mass is 35.5. The molecule has 0 bridgehead atoms. The second kappa shape index (κ2) is 10.7. The van der Waals surface area contributed by atoms with E-state index in [1.165, 1.54) is 18.2 Å². The highest BCUT2D eigenvalue weighted by molar-refractivity contribution is 6.32. The number of aromatic nitrogens is 2. The molecule has 4 rings (SSSR count). The van der Waals surface area contributed by atoms with Gasteiger partial charge in [-0.15, -0.1) is 0 Å². The van der Waals surface area contributed by atoms with Gasteiger partial charge in [-0.1, -0.05) is 11.6 Å². The number of halogens is 1. The van der Waals surface area contributed by atoms with Crippen molar-refractivity contribution in [2.75, 3.05) is 58.7 Å². The number of hydrogen-bond acceptors (Lipinski definition) is 8. The van der Waals surface area contributed by atoms with E-state index in [1.54, 1.807) is 0 Å². The fourth-order valence-corrected chi connectivity index (χ4v) is 2.88. The maximum atomic E-state index is 8.50. The molecule has 8 nitrogen and oxygen atoms in total. The Morgan fingerprint density at radius 3 is 2.81 bits per heavy atom. The van der Waals surface area contributed by atoms with E-state index in [1.807, 2.05) is 0 Å². The number of hydrogen-bond donors (Lipinski definition) is 1. The molecule has 0 aliphatic carbocycles. The standard InChI is InChI=1S/C23H27ClN4O4/c1-29-20-5-4-16(12-18(20)24)27-23-17-13-22(21(30-2)14-19(17)25-15-26-23)32-9-3-6-28-7-10-31-11-8-28/h4-5,12-15H,3,6-11H2,1-2H3,(H,25,26,27)/i1D3,2D3,3D2,6D2,7D,8D,9D2,10D,11D. The molecule has 4 atom stereocenters. The number of ether oxygens (including phenoxy) is 4. The predicted molar refractivity (Wildman–Crippen MR) is 125 cm³/mol. The third kappa shape index (κ3) is 5.32. The first-order valence-corrected chi connectivity index (χ1v) is 9.28. The number of fused-ring (bicyclic) bond motifs is 1. The van der Waals surface area contributed by atoms with E-state index in [-0.39, 0.29) is 38.1 Å². The van der Waals surface area contributed by atoms with Crippen LogP contribution in [-0.4, -0.2) is 68.2 Å². The molecule has 4 unspecified atom stereocenters. The molecule has 32 heavy (non-hydrogen) atoms. The molecular formula is C23H27ClN4O4. The first-order chi connectivity index (χ1) is 21.8. The van der Waals surface area contributed by atoms with Crippen LogP contribution in [0.2, 0.25) is 5.02 Å². The summed E-state index contributed by atoms with van der Waals surface area (Å²) >= 11 is 6.17. The Kier molecular flexibility index (Phi) is 3.33. The van der Waals surface area contributed by atoms with Crippen LogP contribution in [0.15, 0.2) is 36.7 Å². The van der Waals surface area contributed by atoms with Crippen LogP contribution in [0.4, 0.5) is 11.5 Å². The van der Waals surface area contributed by atoms with E-state index in [0.717, 1.165) is 18.5 Å². The summed E-state index contributed by atoms with van der Waals surface area (Å²) < 4.78 is 147. The maximum absolute atomic E-state index is 8.50. The zero-order chi connectivity index (χ0) is 36.2. The second-order valence-electron chi connectivity index (χ2n) is 6.07. The molecule has 1 saturated heterocycles. The summed E-state index contributed by atoms with van der Waals surface area (Å²) in [7, 11) is -5.90. The summed E-state index contributed by atoms with van der Waals surface area (Å²) in [5.41, 5.74) is 0.278. The molecule has 0 radical (unpaired) electrons. The Morgan fingerprint density at radius 1 is 1.16 bits per heavy atom. The van der Waals surface area contributed by atoms with Crippen molar-refractivity contribution < 1.29 is 40.9 Å². The third-order valence-corrected chi connectivity index (χ3v) is 4.41. The smallest absolute Gasteiger partial charge is 0.162 e. The Hall–Kier alpha value is -2.81. The van der Waals surface area contributed by atoms with E-state index in [4.69, 9.17) is 52.5 Å². The van der Waals surface area contributed by atoms with Crippen molar-refractivity contribution in [3.8, 4) is 17.2 Å². The molecule has 170 valence electrons. The summed E-state index contributed by atoms with van der Waals surface area (Å²) in [5, 5.41) is 2.83. The van der Waals surface area contributed by atoms with Crippen molar-refractivity contribution in [1.29, 1.82) is 0 Å². The predicted octanol–water partition coefficient (Wildman–Crippen LogP) is 4.15. The summed E-state index contributed by atoms with van der Waals surface area (Å²) in [5.74, 6) is -1.54. The number of benzene rings is 2. The summed E-state index contributed by atoms with van der Waals surface area (Å²) in [4.78, 5) is 8.36. The van der Waals surface area contributed by atoms with Gasteiger partial charge in [0.1, 0.15) is 17.9 Å². The van der Waals surface area contributed by atoms with E-state index in [2.05, 4.69) is 15.3 Å². The highest BCUT2D eigenvalue weighted by Crippen LogP contribution is 2.35. The van der Waals surface area contributed by atoms with Gasteiger partial charge < -0.3 is 24.3 Å². The van der Waals surface area contributed by atoms with Crippen LogP contribution in [0.5, 0.6) is 17.2 Å². The van der Waals surface area contributed by atoms with Crippen LogP contribution in [0.25, 0.3) is 10.9 Å². The van der Waals surface area contributed by atoms with Gasteiger partial charge in [-0.25, -0.2) is 9.97 Å². The molecule has 2 aromatic carbocycles. The molecule has 1 aliphatic heterocycles. The van der Waals surface area contributed by atoms with Crippen molar-refractivity contribution in [2.24, 2.45) is 0 Å². The minimum Gasteiger partial charge on any atom is -0.495 e. The van der Waals surface area contributed by atoms with Crippen molar-refractivity contribution in [3.63, 3.8) is 0 Å². The van der Waals surface area contributed by atoms with E-state index in [0.29, 0.717) is 0 Å². The number of morpholine rings is 1. The molecule has 1 aromatic heterocycles. The molecule has 9 heteroatoms. The number of anilines is 2. The number of nitrogens with zero attached hydrogens (tertiary/aromatic N) is 3. The molecule has 2 heterocycles. The third-order valence-electron chi connectivity index (χ3n) is 4.11. The van der Waals surface area contributed by atoms with Gasteiger partial charge in [-0.05, 0) is 30.6 Å². The summed E-state index contributed by atoms with van der Waals surface area (Å²) in [6.45, 7) is -15.2. The zero-order valence-electron chi connectivity index (χ0n) is 32.1. The van der Waals surface area contributed by atoms with Crippen LogP contribution < -0.4 is 19.5 Å². The van der Waals surface area contributed by atoms with Crippen molar-refractivity contribution in [2.45, 2.75) is 6.37 Å². The fourth-order valence-electron chi connectivity index (χ4n) is 2.66. The lowest BCUT2D eigenvalue weighted by Crippen LogP contribution is -2.37. The molecule has 1 fully saturated rings. The van der Waals surface area contributed by atoms with E-state index in [9.17, 15) is 0 Å². The lowest BCUT2D eigenvalue weighted by Gasteiger charge is -2.26. The maximum Gasteiger partial charge on any atom is 0.162 e. The van der Waals surface area contributed by atoms with Crippen molar-refractivity contribution >= 4 is 34.0 Å². The number of methoxy groups -OCH3 is 2.